The maximum Gasteiger partial charge on any atom is 0.287 e. The summed E-state index contributed by atoms with van der Waals surface area (Å²) in [6.07, 6.45) is 1.61. The predicted octanol–water partition coefficient (Wildman–Crippen LogP) is 4.86. The van der Waals surface area contributed by atoms with Crippen LogP contribution >= 0.6 is 11.3 Å². The van der Waals surface area contributed by atoms with Crippen LogP contribution in [0.5, 0.6) is 0 Å². The van der Waals surface area contributed by atoms with Crippen LogP contribution in [0.3, 0.4) is 0 Å². The third-order valence-electron chi connectivity index (χ3n) is 5.10. The minimum absolute atomic E-state index is 0.120. The zero-order chi connectivity index (χ0) is 22.2. The molecule has 0 saturated carbocycles. The highest BCUT2D eigenvalue weighted by Crippen LogP contribution is 2.35. The van der Waals surface area contributed by atoms with E-state index in [-0.39, 0.29) is 5.92 Å². The van der Waals surface area contributed by atoms with Gasteiger partial charge in [-0.2, -0.15) is 0 Å². The van der Waals surface area contributed by atoms with Crippen LogP contribution in [0, 0.1) is 0 Å². The van der Waals surface area contributed by atoms with Gasteiger partial charge in [0.2, 0.25) is 0 Å². The number of amides is 1. The number of benzene rings is 2. The third-order valence-corrected chi connectivity index (χ3v) is 7.90. The van der Waals surface area contributed by atoms with Crippen LogP contribution in [0.2, 0.25) is 0 Å². The van der Waals surface area contributed by atoms with Crippen LogP contribution in [0.25, 0.3) is 11.3 Å². The van der Waals surface area contributed by atoms with Gasteiger partial charge in [0, 0.05) is 24.6 Å². The molecule has 1 aromatic heterocycles. The summed E-state index contributed by atoms with van der Waals surface area (Å²) in [6.45, 7) is 5.41. The second-order valence-corrected chi connectivity index (χ2v) is 9.53. The quantitative estimate of drug-likeness (QED) is 0.337. The van der Waals surface area contributed by atoms with E-state index in [1.54, 1.807) is 5.48 Å². The first-order valence-corrected chi connectivity index (χ1v) is 12.2. The molecule has 0 aliphatic heterocycles. The number of carbonyl (C=O) groups is 1. The summed E-state index contributed by atoms with van der Waals surface area (Å²) in [5.74, 6) is -0.438. The molecule has 3 aromatic rings. The summed E-state index contributed by atoms with van der Waals surface area (Å²) in [5, 5.41) is 10.0. The second kappa shape index (κ2) is 11.3. The molecule has 164 valence electrons. The molecule has 0 radical (unpaired) electrons. The van der Waals surface area contributed by atoms with Gasteiger partial charge in [-0.25, -0.2) is 19.0 Å². The van der Waals surface area contributed by atoms with Gasteiger partial charge < -0.3 is 0 Å². The lowest BCUT2D eigenvalue weighted by Gasteiger charge is -2.21. The van der Waals surface area contributed by atoms with E-state index in [4.69, 9.17) is 4.98 Å². The molecule has 8 heteroatoms. The Hall–Kier alpha value is -2.39. The van der Waals surface area contributed by atoms with E-state index in [0.29, 0.717) is 23.7 Å². The number of hydrogen-bond donors (Lipinski definition) is 2. The largest absolute Gasteiger partial charge is 0.288 e. The van der Waals surface area contributed by atoms with E-state index in [9.17, 15) is 14.2 Å². The van der Waals surface area contributed by atoms with Gasteiger partial charge in [-0.3, -0.25) is 10.0 Å². The highest BCUT2D eigenvalue weighted by atomic mass is 32.2. The first-order valence-electron chi connectivity index (χ1n) is 10.3. The van der Waals surface area contributed by atoms with Gasteiger partial charge in [0.15, 0.2) is 0 Å². The number of hydroxylamine groups is 1. The molecule has 0 spiro atoms. The Morgan fingerprint density at radius 3 is 2.35 bits per heavy atom. The van der Waals surface area contributed by atoms with E-state index in [0.717, 1.165) is 28.3 Å². The van der Waals surface area contributed by atoms with Crippen molar-refractivity contribution in [3.05, 3.63) is 70.5 Å². The summed E-state index contributed by atoms with van der Waals surface area (Å²) < 4.78 is 14.9. The summed E-state index contributed by atoms with van der Waals surface area (Å²) in [4.78, 5) is 18.2. The Bertz CT molecular complexity index is 1010. The minimum atomic E-state index is -1.21. The van der Waals surface area contributed by atoms with Gasteiger partial charge in [0.05, 0.1) is 15.6 Å². The maximum absolute atomic E-state index is 12.9. The summed E-state index contributed by atoms with van der Waals surface area (Å²) in [7, 11) is -1.21. The maximum atomic E-state index is 12.9. The van der Waals surface area contributed by atoms with Crippen LogP contribution in [0.15, 0.2) is 65.6 Å². The van der Waals surface area contributed by atoms with E-state index < -0.39 is 16.9 Å². The molecule has 0 fully saturated rings. The fraction of sp³-hybridized carbons (Fsp3) is 0.304. The van der Waals surface area contributed by atoms with Crippen molar-refractivity contribution in [3.8, 4) is 11.3 Å². The monoisotopic (exact) mass is 457 g/mol. The average molecular weight is 458 g/mol. The first kappa shape index (κ1) is 23.3. The summed E-state index contributed by atoms with van der Waals surface area (Å²) >= 11 is 1.31. The fourth-order valence-electron chi connectivity index (χ4n) is 3.35. The number of nitrogens with one attached hydrogen (secondary N) is 1. The van der Waals surface area contributed by atoms with Gasteiger partial charge in [0.1, 0.15) is 15.9 Å². The zero-order valence-corrected chi connectivity index (χ0v) is 19.3. The molecular formula is C23H27N3O3S2. The van der Waals surface area contributed by atoms with Gasteiger partial charge >= 0.3 is 0 Å². The summed E-state index contributed by atoms with van der Waals surface area (Å²) in [5.41, 5.74) is 3.14. The smallest absolute Gasteiger partial charge is 0.287 e. The Morgan fingerprint density at radius 1 is 1.13 bits per heavy atom. The van der Waals surface area contributed by atoms with Crippen LogP contribution in [-0.4, -0.2) is 37.7 Å². The Balaban J connectivity index is 1.81. The number of aromatic nitrogens is 1. The van der Waals surface area contributed by atoms with Gasteiger partial charge in [-0.15, -0.1) is 11.3 Å². The van der Waals surface area contributed by atoms with Gasteiger partial charge in [-0.05, 0) is 25.0 Å². The summed E-state index contributed by atoms with van der Waals surface area (Å²) in [6, 6.07) is 18.9. The van der Waals surface area contributed by atoms with E-state index in [1.165, 1.54) is 11.3 Å². The highest BCUT2D eigenvalue weighted by Gasteiger charge is 2.24. The first-order chi connectivity index (χ1) is 15.1. The lowest BCUT2D eigenvalue weighted by molar-refractivity contribution is 0.0711. The molecule has 0 aliphatic rings. The normalized spacial score (nSPS) is 13.2. The van der Waals surface area contributed by atoms with Crippen molar-refractivity contribution in [2.75, 3.05) is 13.1 Å². The molecule has 2 N–H and O–H groups in total. The lowest BCUT2D eigenvalue weighted by atomic mass is 10.0. The molecule has 31 heavy (non-hydrogen) atoms. The van der Waals surface area contributed by atoms with Crippen LogP contribution in [-0.2, 0) is 11.0 Å². The van der Waals surface area contributed by atoms with Crippen molar-refractivity contribution in [2.24, 2.45) is 0 Å². The predicted molar refractivity (Wildman–Crippen MR) is 125 cm³/mol. The number of rotatable bonds is 10. The SMILES string of the molecule is CCC(CCN(CC)S(=O)c1ccccc1)c1nc(-c2ccccc2)c(C(=O)NO)s1. The molecule has 0 aliphatic carbocycles. The Kier molecular flexibility index (Phi) is 8.48. The molecule has 2 atom stereocenters. The van der Waals surface area contributed by atoms with Crippen molar-refractivity contribution in [1.29, 1.82) is 0 Å². The fourth-order valence-corrected chi connectivity index (χ4v) is 5.74. The average Bonchev–Trinajstić information content (AvgIpc) is 3.27. The molecule has 1 amide bonds. The number of thiazole rings is 1. The minimum Gasteiger partial charge on any atom is -0.288 e. The molecular weight excluding hydrogens is 430 g/mol. The second-order valence-electron chi connectivity index (χ2n) is 7.01. The van der Waals surface area contributed by atoms with E-state index in [2.05, 4.69) is 6.92 Å². The zero-order valence-electron chi connectivity index (χ0n) is 17.7. The molecule has 3 rings (SSSR count). The van der Waals surface area contributed by atoms with Crippen LogP contribution in [0.4, 0.5) is 0 Å². The Labute approximate surface area is 189 Å². The van der Waals surface area contributed by atoms with E-state index in [1.807, 2.05) is 71.9 Å². The van der Waals surface area contributed by atoms with Crippen molar-refractivity contribution < 1.29 is 14.2 Å². The number of nitrogens with zero attached hydrogens (tertiary/aromatic N) is 2. The Morgan fingerprint density at radius 2 is 1.77 bits per heavy atom. The standard InChI is InChI=1S/C23H27N3O3S2/c1-3-17(15-16-26(4-2)31(29)19-13-9-6-10-14-19)23-24-20(18-11-7-5-8-12-18)21(30-23)22(27)25-28/h5-14,17,28H,3-4,15-16H2,1-2H3,(H,25,27). The molecule has 1 heterocycles. The van der Waals surface area contributed by atoms with Crippen molar-refractivity contribution in [3.63, 3.8) is 0 Å². The van der Waals surface area contributed by atoms with Gasteiger partial charge in [-0.1, -0.05) is 62.4 Å². The van der Waals surface area contributed by atoms with Crippen molar-refractivity contribution in [2.45, 2.75) is 37.5 Å². The van der Waals surface area contributed by atoms with Crippen molar-refractivity contribution >= 4 is 28.2 Å². The van der Waals surface area contributed by atoms with Crippen molar-refractivity contribution in [1.82, 2.24) is 14.8 Å². The van der Waals surface area contributed by atoms with Gasteiger partial charge in [0.25, 0.3) is 5.91 Å². The molecule has 0 saturated heterocycles. The van der Waals surface area contributed by atoms with Crippen LogP contribution in [0.1, 0.15) is 47.3 Å². The third kappa shape index (κ3) is 5.65. The topological polar surface area (TPSA) is 82.5 Å². The molecule has 2 aromatic carbocycles. The van der Waals surface area contributed by atoms with E-state index >= 15 is 0 Å². The molecule has 6 nitrogen and oxygen atoms in total. The number of hydrogen-bond acceptors (Lipinski definition) is 5. The van der Waals surface area contributed by atoms with Crippen LogP contribution < -0.4 is 5.48 Å². The highest BCUT2D eigenvalue weighted by molar-refractivity contribution is 7.82. The molecule has 0 bridgehead atoms. The number of carbonyl (C=O) groups excluding carboxylic acids is 1. The molecule has 2 unspecified atom stereocenters. The lowest BCUT2D eigenvalue weighted by Crippen LogP contribution is -2.28.